The van der Waals surface area contributed by atoms with Crippen LogP contribution in [0.1, 0.15) is 0 Å². The van der Waals surface area contributed by atoms with E-state index in [0.29, 0.717) is 16.7 Å². The van der Waals surface area contributed by atoms with Gasteiger partial charge in [0.25, 0.3) is 5.56 Å². The number of aromatic nitrogens is 3. The van der Waals surface area contributed by atoms with Crippen LogP contribution in [0.3, 0.4) is 0 Å². The van der Waals surface area contributed by atoms with Crippen molar-refractivity contribution in [3.63, 3.8) is 0 Å². The number of anilines is 2. The first-order valence-corrected chi connectivity index (χ1v) is 7.87. The molecule has 4 aromatic rings. The first-order chi connectivity index (χ1) is 12.1. The number of aryl methyl sites for hydroxylation is 1. The van der Waals surface area contributed by atoms with Gasteiger partial charge in [0.05, 0.1) is 5.69 Å². The van der Waals surface area contributed by atoms with Crippen LogP contribution in [0.5, 0.6) is 0 Å². The number of rotatable bonds is 2. The maximum atomic E-state index is 12.6. The Labute approximate surface area is 143 Å². The molecule has 4 rings (SSSR count). The molecule has 2 heterocycles. The van der Waals surface area contributed by atoms with E-state index in [-0.39, 0.29) is 5.56 Å². The summed E-state index contributed by atoms with van der Waals surface area (Å²) in [4.78, 5) is 29.0. The molecular formula is C19H16N4O2. The average molecular weight is 332 g/mol. The fourth-order valence-corrected chi connectivity index (χ4v) is 3.07. The molecule has 0 saturated heterocycles. The van der Waals surface area contributed by atoms with E-state index in [9.17, 15) is 9.59 Å². The number of benzene rings is 2. The largest absolute Gasteiger partial charge is 0.354 e. The summed E-state index contributed by atoms with van der Waals surface area (Å²) in [6.45, 7) is 0. The minimum Gasteiger partial charge on any atom is -0.354 e. The summed E-state index contributed by atoms with van der Waals surface area (Å²) in [6.07, 6.45) is 1.59. The highest BCUT2D eigenvalue weighted by Gasteiger charge is 2.14. The zero-order valence-electron chi connectivity index (χ0n) is 13.9. The van der Waals surface area contributed by atoms with E-state index in [0.717, 1.165) is 21.0 Å². The average Bonchev–Trinajstić information content (AvgIpc) is 2.65. The van der Waals surface area contributed by atoms with Gasteiger partial charge in [0.15, 0.2) is 5.65 Å². The smallest absolute Gasteiger partial charge is 0.332 e. The molecule has 0 amide bonds. The van der Waals surface area contributed by atoms with Gasteiger partial charge in [-0.2, -0.15) is 0 Å². The minimum atomic E-state index is -0.396. The van der Waals surface area contributed by atoms with E-state index in [2.05, 4.69) is 10.3 Å². The van der Waals surface area contributed by atoms with Crippen molar-refractivity contribution in [2.24, 2.45) is 14.1 Å². The molecular weight excluding hydrogens is 316 g/mol. The summed E-state index contributed by atoms with van der Waals surface area (Å²) in [5, 5.41) is 5.88. The lowest BCUT2D eigenvalue weighted by molar-refractivity contribution is 0.708. The highest BCUT2D eigenvalue weighted by molar-refractivity contribution is 5.98. The summed E-state index contributed by atoms with van der Waals surface area (Å²) in [7, 11) is 3.08. The molecule has 0 radical (unpaired) electrons. The molecule has 2 aromatic carbocycles. The lowest BCUT2D eigenvalue weighted by Gasteiger charge is -2.13. The second-order valence-electron chi connectivity index (χ2n) is 5.91. The molecule has 6 nitrogen and oxygen atoms in total. The van der Waals surface area contributed by atoms with E-state index in [1.165, 1.54) is 11.6 Å². The fraction of sp³-hybridized carbons (Fsp3) is 0.105. The lowest BCUT2D eigenvalue weighted by atomic mass is 10.1. The van der Waals surface area contributed by atoms with Crippen LogP contribution in [0.2, 0.25) is 0 Å². The number of hydrogen-bond donors (Lipinski definition) is 1. The Hall–Kier alpha value is -3.41. The lowest BCUT2D eigenvalue weighted by Crippen LogP contribution is -2.37. The van der Waals surface area contributed by atoms with Crippen LogP contribution in [0.25, 0.3) is 21.8 Å². The van der Waals surface area contributed by atoms with Gasteiger partial charge in [0, 0.05) is 31.4 Å². The van der Waals surface area contributed by atoms with Crippen molar-refractivity contribution in [3.05, 3.63) is 75.6 Å². The van der Waals surface area contributed by atoms with Crippen molar-refractivity contribution in [3.8, 4) is 0 Å². The molecule has 0 unspecified atom stereocenters. The predicted molar refractivity (Wildman–Crippen MR) is 99.5 cm³/mol. The highest BCUT2D eigenvalue weighted by atomic mass is 16.2. The van der Waals surface area contributed by atoms with Crippen LogP contribution in [0, 0.1) is 0 Å². The first-order valence-electron chi connectivity index (χ1n) is 7.87. The molecule has 0 spiro atoms. The second-order valence-corrected chi connectivity index (χ2v) is 5.91. The van der Waals surface area contributed by atoms with Crippen molar-refractivity contribution in [1.82, 2.24) is 14.1 Å². The Morgan fingerprint density at radius 3 is 2.48 bits per heavy atom. The third kappa shape index (κ3) is 2.30. The molecule has 0 aliphatic rings. The molecule has 0 bridgehead atoms. The Kier molecular flexibility index (Phi) is 3.39. The van der Waals surface area contributed by atoms with Gasteiger partial charge in [-0.25, -0.2) is 9.78 Å². The van der Waals surface area contributed by atoms with Gasteiger partial charge in [0.1, 0.15) is 5.39 Å². The van der Waals surface area contributed by atoms with Crippen LogP contribution in [0.15, 0.2) is 64.3 Å². The topological polar surface area (TPSA) is 68.9 Å². The number of hydrogen-bond acceptors (Lipinski definition) is 4. The molecule has 0 aliphatic carbocycles. The molecule has 6 heteroatoms. The Morgan fingerprint density at radius 1 is 0.880 bits per heavy atom. The van der Waals surface area contributed by atoms with Crippen molar-refractivity contribution in [1.29, 1.82) is 0 Å². The first kappa shape index (κ1) is 15.1. The summed E-state index contributed by atoms with van der Waals surface area (Å²) >= 11 is 0. The van der Waals surface area contributed by atoms with E-state index < -0.39 is 5.69 Å². The normalized spacial score (nSPS) is 11.1. The Morgan fingerprint density at radius 2 is 1.64 bits per heavy atom. The van der Waals surface area contributed by atoms with Crippen molar-refractivity contribution >= 4 is 33.2 Å². The number of fused-ring (bicyclic) bond motifs is 2. The van der Waals surface area contributed by atoms with Gasteiger partial charge in [-0.3, -0.25) is 13.9 Å². The van der Waals surface area contributed by atoms with Gasteiger partial charge >= 0.3 is 5.69 Å². The van der Waals surface area contributed by atoms with Gasteiger partial charge in [-0.1, -0.05) is 36.4 Å². The zero-order chi connectivity index (χ0) is 17.6. The van der Waals surface area contributed by atoms with E-state index in [1.807, 2.05) is 42.5 Å². The molecule has 25 heavy (non-hydrogen) atoms. The quantitative estimate of drug-likeness (QED) is 0.612. The third-order valence-corrected chi connectivity index (χ3v) is 4.40. The minimum absolute atomic E-state index is 0.360. The van der Waals surface area contributed by atoms with Crippen LogP contribution in [-0.4, -0.2) is 14.1 Å². The van der Waals surface area contributed by atoms with Crippen molar-refractivity contribution < 1.29 is 0 Å². The van der Waals surface area contributed by atoms with Crippen LogP contribution in [0.4, 0.5) is 11.4 Å². The highest BCUT2D eigenvalue weighted by Crippen LogP contribution is 2.28. The van der Waals surface area contributed by atoms with Gasteiger partial charge in [0.2, 0.25) is 0 Å². The molecule has 0 saturated carbocycles. The summed E-state index contributed by atoms with van der Waals surface area (Å²) < 4.78 is 2.48. The summed E-state index contributed by atoms with van der Waals surface area (Å²) in [6, 6.07) is 15.7. The molecule has 0 atom stereocenters. The van der Waals surface area contributed by atoms with E-state index in [1.54, 1.807) is 19.3 Å². The number of nitrogens with one attached hydrogen (secondary N) is 1. The second kappa shape index (κ2) is 5.59. The van der Waals surface area contributed by atoms with Crippen molar-refractivity contribution in [2.45, 2.75) is 0 Å². The molecule has 1 N–H and O–H groups in total. The standard InChI is InChI=1S/C19H16N4O2/c1-22-17-16(18(24)23(2)19(22)25)15(10-11-20-17)21-14-9-5-7-12-6-3-4-8-13(12)14/h3-11H,1-2H3,(H,20,21). The maximum Gasteiger partial charge on any atom is 0.332 e. The predicted octanol–water partition coefficient (Wildman–Crippen LogP) is 2.53. The van der Waals surface area contributed by atoms with E-state index in [4.69, 9.17) is 0 Å². The van der Waals surface area contributed by atoms with Crippen LogP contribution in [-0.2, 0) is 14.1 Å². The van der Waals surface area contributed by atoms with Gasteiger partial charge < -0.3 is 5.32 Å². The Balaban J connectivity index is 1.99. The van der Waals surface area contributed by atoms with Crippen LogP contribution >= 0.6 is 0 Å². The molecule has 0 aliphatic heterocycles. The van der Waals surface area contributed by atoms with Gasteiger partial charge in [-0.05, 0) is 17.5 Å². The maximum absolute atomic E-state index is 12.6. The number of pyridine rings is 1. The van der Waals surface area contributed by atoms with Gasteiger partial charge in [-0.15, -0.1) is 0 Å². The summed E-state index contributed by atoms with van der Waals surface area (Å²) in [5.74, 6) is 0. The SMILES string of the molecule is Cn1c(=O)c2c(Nc3cccc4ccccc34)ccnc2n(C)c1=O. The third-order valence-electron chi connectivity index (χ3n) is 4.40. The number of nitrogens with zero attached hydrogens (tertiary/aromatic N) is 3. The zero-order valence-corrected chi connectivity index (χ0v) is 13.9. The van der Waals surface area contributed by atoms with Crippen LogP contribution < -0.4 is 16.6 Å². The van der Waals surface area contributed by atoms with E-state index >= 15 is 0 Å². The van der Waals surface area contributed by atoms with Crippen molar-refractivity contribution in [2.75, 3.05) is 5.32 Å². The summed E-state index contributed by atoms with van der Waals surface area (Å²) in [5.41, 5.74) is 1.11. The Bertz CT molecular complexity index is 1230. The fourth-order valence-electron chi connectivity index (χ4n) is 3.07. The molecule has 124 valence electrons. The monoisotopic (exact) mass is 332 g/mol. The molecule has 0 fully saturated rings. The molecule has 2 aromatic heterocycles.